The lowest BCUT2D eigenvalue weighted by Gasteiger charge is -2.19. The van der Waals surface area contributed by atoms with Crippen LogP contribution in [0.4, 0.5) is 0 Å². The zero-order valence-corrected chi connectivity index (χ0v) is 13.3. The largest absolute Gasteiger partial charge is 0.334 e. The molecule has 0 saturated carbocycles. The van der Waals surface area contributed by atoms with Crippen LogP contribution in [0.5, 0.6) is 0 Å². The van der Waals surface area contributed by atoms with Gasteiger partial charge in [-0.3, -0.25) is 0 Å². The molecule has 1 heterocycles. The molecule has 0 aliphatic carbocycles. The predicted octanol–water partition coefficient (Wildman–Crippen LogP) is 3.71. The number of nitrogens with zero attached hydrogens (tertiary/aromatic N) is 2. The molecule has 0 bridgehead atoms. The van der Waals surface area contributed by atoms with E-state index in [0.717, 1.165) is 24.7 Å². The van der Waals surface area contributed by atoms with Crippen LogP contribution in [0.25, 0.3) is 0 Å². The molecule has 3 nitrogen and oxygen atoms in total. The SMILES string of the molecule is CCNC(c1ccc(SCC)cc1)c1nccn1CC. The molecule has 2 aromatic rings. The van der Waals surface area contributed by atoms with Crippen LogP contribution in [0.15, 0.2) is 41.6 Å². The number of benzene rings is 1. The van der Waals surface area contributed by atoms with Crippen LogP contribution in [-0.2, 0) is 6.54 Å². The Labute approximate surface area is 125 Å². The second-order valence-electron chi connectivity index (χ2n) is 4.56. The lowest BCUT2D eigenvalue weighted by Crippen LogP contribution is -2.25. The molecule has 0 amide bonds. The highest BCUT2D eigenvalue weighted by Gasteiger charge is 2.17. The van der Waals surface area contributed by atoms with Crippen molar-refractivity contribution >= 4 is 11.8 Å². The van der Waals surface area contributed by atoms with Gasteiger partial charge in [-0.05, 0) is 36.9 Å². The minimum absolute atomic E-state index is 0.163. The topological polar surface area (TPSA) is 29.9 Å². The van der Waals surface area contributed by atoms with E-state index in [9.17, 15) is 0 Å². The van der Waals surface area contributed by atoms with E-state index in [-0.39, 0.29) is 6.04 Å². The molecular weight excluding hydrogens is 266 g/mol. The molecule has 1 N–H and O–H groups in total. The van der Waals surface area contributed by atoms with Gasteiger partial charge in [-0.2, -0.15) is 0 Å². The fraction of sp³-hybridized carbons (Fsp3) is 0.438. The van der Waals surface area contributed by atoms with Gasteiger partial charge in [0.05, 0.1) is 6.04 Å². The molecule has 1 aromatic carbocycles. The Morgan fingerprint density at radius 1 is 1.20 bits per heavy atom. The van der Waals surface area contributed by atoms with Gasteiger partial charge in [-0.1, -0.05) is 26.0 Å². The van der Waals surface area contributed by atoms with Crippen LogP contribution in [-0.4, -0.2) is 21.8 Å². The van der Waals surface area contributed by atoms with E-state index in [1.54, 1.807) is 0 Å². The minimum atomic E-state index is 0.163. The van der Waals surface area contributed by atoms with Crippen molar-refractivity contribution in [1.29, 1.82) is 0 Å². The Balaban J connectivity index is 2.28. The summed E-state index contributed by atoms with van der Waals surface area (Å²) in [6.45, 7) is 8.33. The minimum Gasteiger partial charge on any atom is -0.334 e. The molecule has 0 saturated heterocycles. The summed E-state index contributed by atoms with van der Waals surface area (Å²) in [6.07, 6.45) is 3.92. The Kier molecular flexibility index (Phi) is 5.68. The van der Waals surface area contributed by atoms with Gasteiger partial charge in [-0.15, -0.1) is 11.8 Å². The van der Waals surface area contributed by atoms with Gasteiger partial charge < -0.3 is 9.88 Å². The van der Waals surface area contributed by atoms with E-state index in [0.29, 0.717) is 0 Å². The second kappa shape index (κ2) is 7.50. The number of thioether (sulfide) groups is 1. The zero-order valence-electron chi connectivity index (χ0n) is 12.5. The van der Waals surface area contributed by atoms with Crippen LogP contribution in [0.2, 0.25) is 0 Å². The van der Waals surface area contributed by atoms with Crippen LogP contribution in [0.1, 0.15) is 38.2 Å². The molecule has 0 aliphatic rings. The third-order valence-corrected chi connectivity index (χ3v) is 4.17. The van der Waals surface area contributed by atoms with Gasteiger partial charge in [0, 0.05) is 23.8 Å². The predicted molar refractivity (Wildman–Crippen MR) is 86.3 cm³/mol. The van der Waals surface area contributed by atoms with Crippen molar-refractivity contribution in [1.82, 2.24) is 14.9 Å². The molecule has 108 valence electrons. The molecule has 0 spiro atoms. The average molecular weight is 289 g/mol. The number of aryl methyl sites for hydroxylation is 1. The summed E-state index contributed by atoms with van der Waals surface area (Å²) in [7, 11) is 0. The number of hydrogen-bond donors (Lipinski definition) is 1. The normalized spacial score (nSPS) is 12.6. The van der Waals surface area contributed by atoms with Gasteiger partial charge in [0.15, 0.2) is 0 Å². The maximum Gasteiger partial charge on any atom is 0.130 e. The first-order valence-corrected chi connectivity index (χ1v) is 8.25. The first kappa shape index (κ1) is 15.1. The highest BCUT2D eigenvalue weighted by atomic mass is 32.2. The summed E-state index contributed by atoms with van der Waals surface area (Å²) in [4.78, 5) is 5.86. The Morgan fingerprint density at radius 2 is 1.95 bits per heavy atom. The van der Waals surface area contributed by atoms with Crippen molar-refractivity contribution < 1.29 is 0 Å². The van der Waals surface area contributed by atoms with Gasteiger partial charge >= 0.3 is 0 Å². The Bertz CT molecular complexity index is 519. The van der Waals surface area contributed by atoms with Gasteiger partial charge in [0.25, 0.3) is 0 Å². The molecule has 0 fully saturated rings. The van der Waals surface area contributed by atoms with E-state index in [1.165, 1.54) is 10.5 Å². The van der Waals surface area contributed by atoms with Crippen molar-refractivity contribution in [3.8, 4) is 0 Å². The van der Waals surface area contributed by atoms with E-state index >= 15 is 0 Å². The number of imidazole rings is 1. The number of hydrogen-bond acceptors (Lipinski definition) is 3. The molecule has 2 rings (SSSR count). The Hall–Kier alpha value is -1.26. The summed E-state index contributed by atoms with van der Waals surface area (Å²) in [6, 6.07) is 8.98. The summed E-state index contributed by atoms with van der Waals surface area (Å²) in [5, 5.41) is 3.54. The molecule has 1 atom stereocenters. The molecule has 1 aromatic heterocycles. The third kappa shape index (κ3) is 3.44. The standard InChI is InChI=1S/C16H23N3S/c1-4-17-15(16-18-11-12-19(16)5-2)13-7-9-14(10-8-13)20-6-3/h7-12,15,17H,4-6H2,1-3H3. The monoisotopic (exact) mass is 289 g/mol. The first-order chi connectivity index (χ1) is 9.80. The fourth-order valence-corrected chi connectivity index (χ4v) is 3.00. The fourth-order valence-electron chi connectivity index (χ4n) is 2.33. The summed E-state index contributed by atoms with van der Waals surface area (Å²) >= 11 is 1.87. The van der Waals surface area contributed by atoms with Crippen LogP contribution in [0, 0.1) is 0 Å². The average Bonchev–Trinajstić information content (AvgIpc) is 2.94. The summed E-state index contributed by atoms with van der Waals surface area (Å²) in [5.74, 6) is 2.20. The zero-order chi connectivity index (χ0) is 14.4. The van der Waals surface area contributed by atoms with E-state index in [4.69, 9.17) is 0 Å². The van der Waals surface area contributed by atoms with Crippen LogP contribution >= 0.6 is 11.8 Å². The van der Waals surface area contributed by atoms with Crippen LogP contribution < -0.4 is 5.32 Å². The lowest BCUT2D eigenvalue weighted by atomic mass is 10.1. The smallest absolute Gasteiger partial charge is 0.130 e. The number of rotatable bonds is 7. The molecule has 0 aliphatic heterocycles. The van der Waals surface area contributed by atoms with E-state index in [1.807, 2.05) is 24.2 Å². The van der Waals surface area contributed by atoms with Gasteiger partial charge in [0.1, 0.15) is 5.82 Å². The van der Waals surface area contributed by atoms with Crippen molar-refractivity contribution in [3.63, 3.8) is 0 Å². The first-order valence-electron chi connectivity index (χ1n) is 7.27. The molecule has 0 radical (unpaired) electrons. The van der Waals surface area contributed by atoms with Crippen LogP contribution in [0.3, 0.4) is 0 Å². The van der Waals surface area contributed by atoms with Crippen molar-refractivity contribution in [2.24, 2.45) is 0 Å². The van der Waals surface area contributed by atoms with Crippen molar-refractivity contribution in [2.75, 3.05) is 12.3 Å². The Morgan fingerprint density at radius 3 is 2.55 bits per heavy atom. The highest BCUT2D eigenvalue weighted by molar-refractivity contribution is 7.99. The summed E-state index contributed by atoms with van der Waals surface area (Å²) in [5.41, 5.74) is 1.27. The maximum atomic E-state index is 4.54. The summed E-state index contributed by atoms with van der Waals surface area (Å²) < 4.78 is 2.20. The van der Waals surface area contributed by atoms with Gasteiger partial charge in [-0.25, -0.2) is 4.98 Å². The van der Waals surface area contributed by atoms with Gasteiger partial charge in [0.2, 0.25) is 0 Å². The molecular formula is C16H23N3S. The number of aromatic nitrogens is 2. The van der Waals surface area contributed by atoms with E-state index < -0.39 is 0 Å². The lowest BCUT2D eigenvalue weighted by molar-refractivity contribution is 0.559. The third-order valence-electron chi connectivity index (χ3n) is 3.28. The number of nitrogens with one attached hydrogen (secondary N) is 1. The molecule has 20 heavy (non-hydrogen) atoms. The quantitative estimate of drug-likeness (QED) is 0.788. The highest BCUT2D eigenvalue weighted by Crippen LogP contribution is 2.24. The van der Waals surface area contributed by atoms with Crippen molar-refractivity contribution in [2.45, 2.75) is 38.3 Å². The maximum absolute atomic E-state index is 4.54. The van der Waals surface area contributed by atoms with Crippen molar-refractivity contribution in [3.05, 3.63) is 48.0 Å². The van der Waals surface area contributed by atoms with E-state index in [2.05, 4.69) is 59.9 Å². The molecule has 1 unspecified atom stereocenters. The second-order valence-corrected chi connectivity index (χ2v) is 5.90. The molecule has 4 heteroatoms.